The zero-order valence-electron chi connectivity index (χ0n) is 11.8. The Bertz CT molecular complexity index is 606. The number of ether oxygens (including phenoxy) is 1. The van der Waals surface area contributed by atoms with E-state index >= 15 is 0 Å². The van der Waals surface area contributed by atoms with Crippen LogP contribution < -0.4 is 10.1 Å². The number of hydrogen-bond acceptors (Lipinski definition) is 4. The minimum absolute atomic E-state index is 0.0691. The van der Waals surface area contributed by atoms with E-state index < -0.39 is 12.0 Å². The summed E-state index contributed by atoms with van der Waals surface area (Å²) in [6, 6.07) is 5.96. The zero-order chi connectivity index (χ0) is 14.8. The third kappa shape index (κ3) is 2.59. The van der Waals surface area contributed by atoms with E-state index in [1.54, 1.807) is 0 Å². The molecule has 2 atom stereocenters. The molecule has 0 saturated carbocycles. The highest BCUT2D eigenvalue weighted by atomic mass is 16.5. The fourth-order valence-corrected chi connectivity index (χ4v) is 3.41. The molecule has 5 nitrogen and oxygen atoms in total. The van der Waals surface area contributed by atoms with Gasteiger partial charge in [-0.1, -0.05) is 6.07 Å². The standard InChI is InChI=1S/C16H18N2O3/c17-6-7-18-16(20)13(19)9-11-2-1-10-3-4-14-12(15(10)11)5-8-21-14/h3-4,11,13,19H,1-2,5,7-9H2,(H,18,20)/t11-,13-/m0/s1. The van der Waals surface area contributed by atoms with Crippen LogP contribution in [0.1, 0.15) is 35.4 Å². The molecule has 1 aromatic rings. The average molecular weight is 286 g/mol. The molecule has 110 valence electrons. The van der Waals surface area contributed by atoms with Gasteiger partial charge < -0.3 is 15.2 Å². The molecule has 0 aromatic heterocycles. The molecule has 0 spiro atoms. The van der Waals surface area contributed by atoms with Crippen LogP contribution in [0.15, 0.2) is 12.1 Å². The van der Waals surface area contributed by atoms with Crippen molar-refractivity contribution in [2.75, 3.05) is 13.2 Å². The number of fused-ring (bicyclic) bond motifs is 3. The number of aliphatic hydroxyl groups is 1. The van der Waals surface area contributed by atoms with Crippen molar-refractivity contribution in [3.63, 3.8) is 0 Å². The number of aryl methyl sites for hydroxylation is 1. The summed E-state index contributed by atoms with van der Waals surface area (Å²) in [7, 11) is 0. The summed E-state index contributed by atoms with van der Waals surface area (Å²) in [5, 5.41) is 20.9. The van der Waals surface area contributed by atoms with Gasteiger partial charge in [0, 0.05) is 12.0 Å². The van der Waals surface area contributed by atoms with Crippen LogP contribution in [-0.4, -0.2) is 30.3 Å². The van der Waals surface area contributed by atoms with Crippen LogP contribution in [0.3, 0.4) is 0 Å². The number of hydrogen-bond donors (Lipinski definition) is 2. The molecular weight excluding hydrogens is 268 g/mol. The zero-order valence-corrected chi connectivity index (χ0v) is 11.8. The largest absolute Gasteiger partial charge is 0.493 e. The van der Waals surface area contributed by atoms with Crippen LogP contribution in [-0.2, 0) is 17.6 Å². The molecule has 1 aromatic carbocycles. The molecule has 0 fully saturated rings. The van der Waals surface area contributed by atoms with E-state index in [1.807, 2.05) is 12.1 Å². The lowest BCUT2D eigenvalue weighted by Crippen LogP contribution is -2.35. The molecule has 1 aliphatic carbocycles. The topological polar surface area (TPSA) is 82.4 Å². The van der Waals surface area contributed by atoms with Crippen LogP contribution in [0.25, 0.3) is 0 Å². The smallest absolute Gasteiger partial charge is 0.249 e. The lowest BCUT2D eigenvalue weighted by Gasteiger charge is -2.18. The molecular formula is C16H18N2O3. The molecule has 3 rings (SSSR count). The lowest BCUT2D eigenvalue weighted by molar-refractivity contribution is -0.129. The monoisotopic (exact) mass is 286 g/mol. The number of nitrogens with one attached hydrogen (secondary N) is 1. The highest BCUT2D eigenvalue weighted by Crippen LogP contribution is 2.43. The Hall–Kier alpha value is -2.06. The van der Waals surface area contributed by atoms with E-state index in [0.717, 1.165) is 25.0 Å². The fraction of sp³-hybridized carbons (Fsp3) is 0.500. The first-order chi connectivity index (χ1) is 10.2. The van der Waals surface area contributed by atoms with E-state index in [1.165, 1.54) is 16.7 Å². The summed E-state index contributed by atoms with van der Waals surface area (Å²) < 4.78 is 5.60. The summed E-state index contributed by atoms with van der Waals surface area (Å²) in [6.45, 7) is 0.643. The van der Waals surface area contributed by atoms with Crippen molar-refractivity contribution in [1.82, 2.24) is 5.32 Å². The minimum Gasteiger partial charge on any atom is -0.493 e. The van der Waals surface area contributed by atoms with Crippen LogP contribution in [0.2, 0.25) is 0 Å². The molecule has 0 bridgehead atoms. The average Bonchev–Trinajstić information content (AvgIpc) is 3.10. The molecule has 0 saturated heterocycles. The molecule has 0 unspecified atom stereocenters. The molecule has 2 aliphatic rings. The first kappa shape index (κ1) is 13.9. The highest BCUT2D eigenvalue weighted by Gasteiger charge is 2.32. The van der Waals surface area contributed by atoms with E-state index in [0.29, 0.717) is 13.0 Å². The summed E-state index contributed by atoms with van der Waals surface area (Å²) in [4.78, 5) is 11.7. The number of carbonyl (C=O) groups is 1. The molecule has 1 amide bonds. The van der Waals surface area contributed by atoms with Gasteiger partial charge in [0.25, 0.3) is 0 Å². The lowest BCUT2D eigenvalue weighted by atomic mass is 9.90. The number of aliphatic hydroxyl groups excluding tert-OH is 1. The Morgan fingerprint density at radius 3 is 3.19 bits per heavy atom. The maximum absolute atomic E-state index is 11.7. The van der Waals surface area contributed by atoms with Gasteiger partial charge in [-0.3, -0.25) is 4.79 Å². The second-order valence-corrected chi connectivity index (χ2v) is 5.58. The van der Waals surface area contributed by atoms with Crippen molar-refractivity contribution >= 4 is 5.91 Å². The van der Waals surface area contributed by atoms with Crippen molar-refractivity contribution in [3.05, 3.63) is 28.8 Å². The predicted octanol–water partition coefficient (Wildman–Crippen LogP) is 1.04. The molecule has 2 N–H and O–H groups in total. The summed E-state index contributed by atoms with van der Waals surface area (Å²) in [5.74, 6) is 0.678. The van der Waals surface area contributed by atoms with Crippen LogP contribution in [0, 0.1) is 11.3 Å². The SMILES string of the molecule is N#CCNC(=O)[C@@H](O)C[C@@H]1CCc2ccc3c(c21)CCO3. The van der Waals surface area contributed by atoms with E-state index in [4.69, 9.17) is 10.00 Å². The van der Waals surface area contributed by atoms with Gasteiger partial charge in [-0.25, -0.2) is 0 Å². The number of nitrogens with zero attached hydrogens (tertiary/aromatic N) is 1. The third-order valence-electron chi connectivity index (χ3n) is 4.34. The van der Waals surface area contributed by atoms with Gasteiger partial charge in [-0.05, 0) is 42.4 Å². The van der Waals surface area contributed by atoms with Gasteiger partial charge in [-0.15, -0.1) is 0 Å². The summed E-state index contributed by atoms with van der Waals surface area (Å²) >= 11 is 0. The normalized spacial score (nSPS) is 20.1. The minimum atomic E-state index is -1.06. The van der Waals surface area contributed by atoms with Gasteiger partial charge in [-0.2, -0.15) is 5.26 Å². The van der Waals surface area contributed by atoms with Gasteiger partial charge >= 0.3 is 0 Å². The number of amides is 1. The molecule has 5 heteroatoms. The maximum atomic E-state index is 11.7. The quantitative estimate of drug-likeness (QED) is 0.810. The van der Waals surface area contributed by atoms with Crippen molar-refractivity contribution in [1.29, 1.82) is 5.26 Å². The molecule has 0 radical (unpaired) electrons. The van der Waals surface area contributed by atoms with Crippen LogP contribution in [0.5, 0.6) is 5.75 Å². The molecule has 1 heterocycles. The number of carbonyl (C=O) groups excluding carboxylic acids is 1. The molecule has 21 heavy (non-hydrogen) atoms. The van der Waals surface area contributed by atoms with Crippen molar-refractivity contribution in [3.8, 4) is 11.8 Å². The Morgan fingerprint density at radius 1 is 1.52 bits per heavy atom. The first-order valence-corrected chi connectivity index (χ1v) is 7.31. The number of benzene rings is 1. The van der Waals surface area contributed by atoms with E-state index in [2.05, 4.69) is 11.4 Å². The maximum Gasteiger partial charge on any atom is 0.249 e. The van der Waals surface area contributed by atoms with Crippen LogP contribution >= 0.6 is 0 Å². The second-order valence-electron chi connectivity index (χ2n) is 5.58. The van der Waals surface area contributed by atoms with Crippen molar-refractivity contribution < 1.29 is 14.6 Å². The van der Waals surface area contributed by atoms with E-state index in [-0.39, 0.29) is 12.5 Å². The van der Waals surface area contributed by atoms with Crippen molar-refractivity contribution in [2.24, 2.45) is 0 Å². The Morgan fingerprint density at radius 2 is 2.38 bits per heavy atom. The summed E-state index contributed by atoms with van der Waals surface area (Å²) in [6.07, 6.45) is 2.19. The fourth-order valence-electron chi connectivity index (χ4n) is 3.41. The van der Waals surface area contributed by atoms with Gasteiger partial charge in [0.1, 0.15) is 18.4 Å². The Labute approximate surface area is 123 Å². The first-order valence-electron chi connectivity index (χ1n) is 7.31. The summed E-state index contributed by atoms with van der Waals surface area (Å²) in [5.41, 5.74) is 3.84. The van der Waals surface area contributed by atoms with E-state index in [9.17, 15) is 9.90 Å². The number of nitriles is 1. The highest BCUT2D eigenvalue weighted by molar-refractivity contribution is 5.80. The third-order valence-corrected chi connectivity index (χ3v) is 4.34. The van der Waals surface area contributed by atoms with Gasteiger partial charge in [0.2, 0.25) is 5.91 Å². The van der Waals surface area contributed by atoms with Crippen molar-refractivity contribution in [2.45, 2.75) is 37.7 Å². The van der Waals surface area contributed by atoms with Gasteiger partial charge in [0.15, 0.2) is 0 Å². The predicted molar refractivity (Wildman–Crippen MR) is 75.9 cm³/mol. The molecule has 1 aliphatic heterocycles. The number of rotatable bonds is 4. The van der Waals surface area contributed by atoms with Gasteiger partial charge in [0.05, 0.1) is 12.7 Å². The Balaban J connectivity index is 1.74. The van der Waals surface area contributed by atoms with Crippen LogP contribution in [0.4, 0.5) is 0 Å². The second kappa shape index (κ2) is 5.74. The Kier molecular flexibility index (Phi) is 3.80.